The van der Waals surface area contributed by atoms with E-state index >= 15 is 0 Å². The Hall–Kier alpha value is -0.520. The molecule has 90 valence electrons. The van der Waals surface area contributed by atoms with Gasteiger partial charge in [-0.1, -0.05) is 0 Å². The first-order chi connectivity index (χ1) is 7.59. The lowest BCUT2D eigenvalue weighted by Crippen LogP contribution is -2.43. The van der Waals surface area contributed by atoms with E-state index in [-0.39, 0.29) is 0 Å². The first-order valence-electron chi connectivity index (χ1n) is 5.66. The number of nitrogens with one attached hydrogen (secondary N) is 1. The third-order valence-corrected chi connectivity index (χ3v) is 4.34. The molecule has 1 aliphatic heterocycles. The number of hydrogen-bond acceptors (Lipinski definition) is 4. The monoisotopic (exact) mass is 241 g/mol. The summed E-state index contributed by atoms with van der Waals surface area (Å²) in [6, 6.07) is 2.06. The highest BCUT2D eigenvalue weighted by Crippen LogP contribution is 2.28. The quantitative estimate of drug-likeness (QED) is 0.773. The number of piperidine rings is 1. The van der Waals surface area contributed by atoms with Crippen molar-refractivity contribution in [2.75, 3.05) is 18.8 Å². The molecule has 1 fully saturated rings. The van der Waals surface area contributed by atoms with E-state index in [0.29, 0.717) is 0 Å². The van der Waals surface area contributed by atoms with Crippen molar-refractivity contribution < 1.29 is 5.11 Å². The summed E-state index contributed by atoms with van der Waals surface area (Å²) >= 11 is 1.70. The fourth-order valence-corrected chi connectivity index (χ4v) is 3.15. The van der Waals surface area contributed by atoms with Crippen molar-refractivity contribution in [3.63, 3.8) is 0 Å². The molecule has 2 rings (SSSR count). The smallest absolute Gasteiger partial charge is 0.0940 e. The summed E-state index contributed by atoms with van der Waals surface area (Å²) in [6.45, 7) is 3.83. The highest BCUT2D eigenvalue weighted by atomic mass is 32.2. The van der Waals surface area contributed by atoms with Gasteiger partial charge in [-0.3, -0.25) is 4.68 Å². The van der Waals surface area contributed by atoms with Crippen LogP contribution < -0.4 is 5.32 Å². The molecule has 16 heavy (non-hydrogen) atoms. The maximum absolute atomic E-state index is 10.3. The van der Waals surface area contributed by atoms with Gasteiger partial charge in [0, 0.05) is 12.8 Å². The largest absolute Gasteiger partial charge is 0.389 e. The van der Waals surface area contributed by atoms with Crippen LogP contribution in [-0.2, 0) is 7.05 Å². The average Bonchev–Trinajstić information content (AvgIpc) is 2.56. The minimum absolute atomic E-state index is 0.506. The second kappa shape index (κ2) is 4.77. The van der Waals surface area contributed by atoms with Crippen molar-refractivity contribution in [1.82, 2.24) is 15.1 Å². The van der Waals surface area contributed by atoms with Crippen LogP contribution in [0.25, 0.3) is 0 Å². The van der Waals surface area contributed by atoms with Crippen LogP contribution in [0.15, 0.2) is 11.1 Å². The molecule has 0 saturated carbocycles. The predicted octanol–water partition coefficient (Wildman–Crippen LogP) is 0.935. The van der Waals surface area contributed by atoms with Gasteiger partial charge in [0.2, 0.25) is 0 Å². The van der Waals surface area contributed by atoms with E-state index in [1.165, 1.54) is 0 Å². The maximum atomic E-state index is 10.3. The van der Waals surface area contributed by atoms with Gasteiger partial charge in [0.15, 0.2) is 0 Å². The fourth-order valence-electron chi connectivity index (χ4n) is 1.97. The SMILES string of the molecule is Cc1cc(SCC2(O)CCNCC2)n(C)n1. The summed E-state index contributed by atoms with van der Waals surface area (Å²) in [5.41, 5.74) is 0.524. The molecule has 4 nitrogen and oxygen atoms in total. The first-order valence-corrected chi connectivity index (χ1v) is 6.64. The second-order valence-electron chi connectivity index (χ2n) is 4.51. The van der Waals surface area contributed by atoms with Crippen molar-refractivity contribution in [3.8, 4) is 0 Å². The Morgan fingerprint density at radius 1 is 1.56 bits per heavy atom. The van der Waals surface area contributed by atoms with Gasteiger partial charge in [-0.2, -0.15) is 5.10 Å². The predicted molar refractivity (Wildman–Crippen MR) is 65.7 cm³/mol. The van der Waals surface area contributed by atoms with E-state index in [2.05, 4.69) is 16.5 Å². The van der Waals surface area contributed by atoms with E-state index in [1.807, 2.05) is 18.7 Å². The van der Waals surface area contributed by atoms with E-state index < -0.39 is 5.60 Å². The van der Waals surface area contributed by atoms with Crippen LogP contribution in [0.3, 0.4) is 0 Å². The molecular formula is C11H19N3OS. The van der Waals surface area contributed by atoms with Crippen LogP contribution in [0.1, 0.15) is 18.5 Å². The number of aryl methyl sites for hydroxylation is 2. The number of rotatable bonds is 3. The Morgan fingerprint density at radius 2 is 2.25 bits per heavy atom. The summed E-state index contributed by atoms with van der Waals surface area (Å²) in [6.07, 6.45) is 1.69. The van der Waals surface area contributed by atoms with Crippen molar-refractivity contribution in [3.05, 3.63) is 11.8 Å². The van der Waals surface area contributed by atoms with Crippen LogP contribution in [0.2, 0.25) is 0 Å². The van der Waals surface area contributed by atoms with Gasteiger partial charge in [-0.15, -0.1) is 11.8 Å². The van der Waals surface area contributed by atoms with E-state index in [1.54, 1.807) is 11.8 Å². The minimum atomic E-state index is -0.506. The van der Waals surface area contributed by atoms with Crippen LogP contribution in [0.5, 0.6) is 0 Å². The maximum Gasteiger partial charge on any atom is 0.0940 e. The summed E-state index contributed by atoms with van der Waals surface area (Å²) in [4.78, 5) is 0. The molecule has 2 heterocycles. The zero-order valence-corrected chi connectivity index (χ0v) is 10.7. The van der Waals surface area contributed by atoms with Gasteiger partial charge in [-0.05, 0) is 38.9 Å². The minimum Gasteiger partial charge on any atom is -0.389 e. The second-order valence-corrected chi connectivity index (χ2v) is 5.51. The summed E-state index contributed by atoms with van der Waals surface area (Å²) < 4.78 is 1.88. The van der Waals surface area contributed by atoms with Gasteiger partial charge in [0.25, 0.3) is 0 Å². The molecule has 0 amide bonds. The summed E-state index contributed by atoms with van der Waals surface area (Å²) in [5, 5.41) is 19.0. The molecule has 0 unspecified atom stereocenters. The molecule has 0 spiro atoms. The van der Waals surface area contributed by atoms with Crippen molar-refractivity contribution >= 4 is 11.8 Å². The van der Waals surface area contributed by atoms with Gasteiger partial charge in [0.05, 0.1) is 16.3 Å². The molecular weight excluding hydrogens is 222 g/mol. The molecule has 0 radical (unpaired) electrons. The molecule has 0 atom stereocenters. The van der Waals surface area contributed by atoms with Gasteiger partial charge >= 0.3 is 0 Å². The zero-order valence-electron chi connectivity index (χ0n) is 9.86. The first kappa shape index (κ1) is 12.0. The van der Waals surface area contributed by atoms with E-state index in [0.717, 1.165) is 42.4 Å². The molecule has 1 aromatic heterocycles. The standard InChI is InChI=1S/C11H19N3OS/c1-9-7-10(14(2)13-9)16-8-11(15)3-5-12-6-4-11/h7,12,15H,3-6,8H2,1-2H3. The lowest BCUT2D eigenvalue weighted by Gasteiger charge is -2.32. The number of aromatic nitrogens is 2. The van der Waals surface area contributed by atoms with Crippen molar-refractivity contribution in [2.24, 2.45) is 7.05 Å². The average molecular weight is 241 g/mol. The number of thioether (sulfide) groups is 1. The molecule has 2 N–H and O–H groups in total. The molecule has 1 saturated heterocycles. The van der Waals surface area contributed by atoms with Crippen LogP contribution in [-0.4, -0.2) is 39.3 Å². The lowest BCUT2D eigenvalue weighted by atomic mass is 9.95. The Morgan fingerprint density at radius 3 is 2.81 bits per heavy atom. The number of hydrogen-bond donors (Lipinski definition) is 2. The Labute approximate surface area is 100 Å². The highest BCUT2D eigenvalue weighted by Gasteiger charge is 2.29. The molecule has 0 aromatic carbocycles. The number of aliphatic hydroxyl groups is 1. The van der Waals surface area contributed by atoms with Gasteiger partial charge in [0.1, 0.15) is 0 Å². The lowest BCUT2D eigenvalue weighted by molar-refractivity contribution is 0.0339. The Bertz CT molecular complexity index is 358. The van der Waals surface area contributed by atoms with Crippen LogP contribution >= 0.6 is 11.8 Å². The number of nitrogens with zero attached hydrogens (tertiary/aromatic N) is 2. The van der Waals surface area contributed by atoms with Crippen LogP contribution in [0.4, 0.5) is 0 Å². The molecule has 0 bridgehead atoms. The van der Waals surface area contributed by atoms with E-state index in [4.69, 9.17) is 0 Å². The molecule has 1 aromatic rings. The van der Waals surface area contributed by atoms with Gasteiger partial charge < -0.3 is 10.4 Å². The van der Waals surface area contributed by atoms with Crippen molar-refractivity contribution in [1.29, 1.82) is 0 Å². The zero-order chi connectivity index (χ0) is 11.6. The normalized spacial score (nSPS) is 19.9. The third kappa shape index (κ3) is 2.78. The van der Waals surface area contributed by atoms with E-state index in [9.17, 15) is 5.11 Å². The summed E-state index contributed by atoms with van der Waals surface area (Å²) in [7, 11) is 1.95. The Kier molecular flexibility index (Phi) is 3.56. The van der Waals surface area contributed by atoms with Gasteiger partial charge in [-0.25, -0.2) is 0 Å². The summed E-state index contributed by atoms with van der Waals surface area (Å²) in [5.74, 6) is 0.758. The molecule has 0 aliphatic carbocycles. The highest BCUT2D eigenvalue weighted by molar-refractivity contribution is 7.99. The topological polar surface area (TPSA) is 50.1 Å². The van der Waals surface area contributed by atoms with Crippen molar-refractivity contribution in [2.45, 2.75) is 30.4 Å². The molecule has 5 heteroatoms. The molecule has 1 aliphatic rings. The van der Waals surface area contributed by atoms with Crippen LogP contribution in [0, 0.1) is 6.92 Å². The fraction of sp³-hybridized carbons (Fsp3) is 0.727. The Balaban J connectivity index is 1.93. The third-order valence-electron chi connectivity index (χ3n) is 2.98.